The lowest BCUT2D eigenvalue weighted by molar-refractivity contribution is 0.0945. The summed E-state index contributed by atoms with van der Waals surface area (Å²) in [7, 11) is 0. The van der Waals surface area contributed by atoms with Crippen molar-refractivity contribution in [2.75, 3.05) is 13.1 Å². The van der Waals surface area contributed by atoms with Gasteiger partial charge < -0.3 is 10.6 Å². The molecule has 0 radical (unpaired) electrons. The van der Waals surface area contributed by atoms with Crippen molar-refractivity contribution in [2.24, 2.45) is 0 Å². The lowest BCUT2D eigenvalue weighted by Gasteiger charge is -2.08. The molecule has 0 atom stereocenters. The Hall–Kier alpha value is -3.61. The van der Waals surface area contributed by atoms with Crippen LogP contribution >= 0.6 is 0 Å². The van der Waals surface area contributed by atoms with Crippen molar-refractivity contribution in [1.29, 1.82) is 0 Å². The summed E-state index contributed by atoms with van der Waals surface area (Å²) in [5.41, 5.74) is 2.08. The maximum atomic E-state index is 12.9. The van der Waals surface area contributed by atoms with Crippen molar-refractivity contribution in [3.8, 4) is 0 Å². The van der Waals surface area contributed by atoms with E-state index in [0.29, 0.717) is 25.9 Å². The first kappa shape index (κ1) is 21.1. The van der Waals surface area contributed by atoms with Gasteiger partial charge in [-0.2, -0.15) is 0 Å². The first-order valence-electron chi connectivity index (χ1n) is 9.53. The van der Waals surface area contributed by atoms with Crippen LogP contribution in [-0.4, -0.2) is 29.9 Å². The van der Waals surface area contributed by atoms with Gasteiger partial charge in [-0.15, -0.1) is 0 Å². The first-order chi connectivity index (χ1) is 14.5. The smallest absolute Gasteiger partial charge is 0.269 e. The lowest BCUT2D eigenvalue weighted by atomic mass is 10.1. The van der Waals surface area contributed by atoms with Crippen molar-refractivity contribution in [1.82, 2.24) is 15.6 Å². The van der Waals surface area contributed by atoms with Crippen LogP contribution in [-0.2, 0) is 12.8 Å². The Morgan fingerprint density at radius 1 is 0.667 bits per heavy atom. The number of nitrogens with one attached hydrogen (secondary N) is 2. The van der Waals surface area contributed by atoms with Crippen LogP contribution in [0.2, 0.25) is 0 Å². The largest absolute Gasteiger partial charge is 0.350 e. The fraction of sp³-hybridized carbons (Fsp3) is 0.174. The van der Waals surface area contributed by atoms with E-state index >= 15 is 0 Å². The maximum Gasteiger partial charge on any atom is 0.269 e. The van der Waals surface area contributed by atoms with Crippen LogP contribution < -0.4 is 10.6 Å². The molecule has 0 aliphatic carbocycles. The third-order valence-corrected chi connectivity index (χ3v) is 4.44. The summed E-state index contributed by atoms with van der Waals surface area (Å²) >= 11 is 0. The molecule has 2 N–H and O–H groups in total. The summed E-state index contributed by atoms with van der Waals surface area (Å²) in [6.45, 7) is 0.723. The summed E-state index contributed by atoms with van der Waals surface area (Å²) in [6, 6.07) is 16.8. The number of hydrogen-bond acceptors (Lipinski definition) is 3. The van der Waals surface area contributed by atoms with Crippen LogP contribution in [0, 0.1) is 11.6 Å². The minimum Gasteiger partial charge on any atom is -0.350 e. The molecule has 154 valence electrons. The van der Waals surface area contributed by atoms with Gasteiger partial charge in [0.05, 0.1) is 0 Å². The van der Waals surface area contributed by atoms with Gasteiger partial charge in [0.25, 0.3) is 11.8 Å². The Morgan fingerprint density at radius 3 is 1.47 bits per heavy atom. The third-order valence-electron chi connectivity index (χ3n) is 4.44. The summed E-state index contributed by atoms with van der Waals surface area (Å²) in [5.74, 6) is -1.39. The van der Waals surface area contributed by atoms with Gasteiger partial charge in [-0.1, -0.05) is 30.3 Å². The second-order valence-electron chi connectivity index (χ2n) is 6.67. The van der Waals surface area contributed by atoms with Crippen LogP contribution in [0.15, 0.2) is 66.7 Å². The molecule has 3 aromatic rings. The summed E-state index contributed by atoms with van der Waals surface area (Å²) in [4.78, 5) is 28.7. The maximum absolute atomic E-state index is 12.9. The molecular weight excluding hydrogens is 388 g/mol. The number of carbonyl (C=O) groups excluding carboxylic acids is 2. The van der Waals surface area contributed by atoms with Gasteiger partial charge in [0, 0.05) is 13.1 Å². The minimum absolute atomic E-state index is 0.139. The number of benzene rings is 2. The van der Waals surface area contributed by atoms with Gasteiger partial charge in [0.2, 0.25) is 0 Å². The van der Waals surface area contributed by atoms with Crippen LogP contribution in [0.1, 0.15) is 32.1 Å². The Labute approximate surface area is 173 Å². The molecule has 1 heterocycles. The van der Waals surface area contributed by atoms with E-state index < -0.39 is 11.8 Å². The molecule has 30 heavy (non-hydrogen) atoms. The fourth-order valence-electron chi connectivity index (χ4n) is 2.81. The monoisotopic (exact) mass is 409 g/mol. The van der Waals surface area contributed by atoms with E-state index in [4.69, 9.17) is 0 Å². The minimum atomic E-state index is -0.391. The van der Waals surface area contributed by atoms with E-state index in [1.165, 1.54) is 36.4 Å². The molecule has 3 rings (SSSR count). The zero-order valence-corrected chi connectivity index (χ0v) is 16.2. The summed E-state index contributed by atoms with van der Waals surface area (Å²) in [6.07, 6.45) is 1.10. The molecule has 0 unspecified atom stereocenters. The average molecular weight is 409 g/mol. The Bertz CT molecular complexity index is 927. The SMILES string of the molecule is O=C(NCCc1ccc(F)cc1)c1cccc(C(=O)NCCc2ccc(F)cc2)n1. The predicted molar refractivity (Wildman–Crippen MR) is 109 cm³/mol. The number of hydrogen-bond donors (Lipinski definition) is 2. The topological polar surface area (TPSA) is 71.1 Å². The second kappa shape index (κ2) is 10.2. The van der Waals surface area contributed by atoms with Gasteiger partial charge in [0.15, 0.2) is 0 Å². The van der Waals surface area contributed by atoms with Crippen molar-refractivity contribution in [3.05, 3.63) is 101 Å². The van der Waals surface area contributed by atoms with E-state index in [-0.39, 0.29) is 23.0 Å². The number of halogens is 2. The zero-order valence-electron chi connectivity index (χ0n) is 16.2. The molecule has 0 bridgehead atoms. The summed E-state index contributed by atoms with van der Waals surface area (Å²) in [5, 5.41) is 5.48. The highest BCUT2D eigenvalue weighted by Crippen LogP contribution is 2.05. The molecule has 1 aromatic heterocycles. The van der Waals surface area contributed by atoms with Crippen molar-refractivity contribution >= 4 is 11.8 Å². The highest BCUT2D eigenvalue weighted by Gasteiger charge is 2.12. The molecule has 0 aliphatic heterocycles. The molecule has 5 nitrogen and oxygen atoms in total. The van der Waals surface area contributed by atoms with Gasteiger partial charge in [0.1, 0.15) is 23.0 Å². The second-order valence-corrected chi connectivity index (χ2v) is 6.67. The molecule has 0 spiro atoms. The zero-order chi connectivity index (χ0) is 21.3. The van der Waals surface area contributed by atoms with E-state index in [2.05, 4.69) is 15.6 Å². The number of aromatic nitrogens is 1. The third kappa shape index (κ3) is 6.20. The van der Waals surface area contributed by atoms with Crippen LogP contribution in [0.5, 0.6) is 0 Å². The fourth-order valence-corrected chi connectivity index (χ4v) is 2.81. The van der Waals surface area contributed by atoms with E-state index in [1.54, 1.807) is 30.3 Å². The van der Waals surface area contributed by atoms with E-state index in [1.807, 2.05) is 0 Å². The van der Waals surface area contributed by atoms with Crippen LogP contribution in [0.4, 0.5) is 8.78 Å². The normalized spacial score (nSPS) is 10.5. The predicted octanol–water partition coefficient (Wildman–Crippen LogP) is 3.30. The molecular formula is C23H21F2N3O2. The lowest BCUT2D eigenvalue weighted by Crippen LogP contribution is -2.29. The van der Waals surface area contributed by atoms with Crippen LogP contribution in [0.25, 0.3) is 0 Å². The molecule has 7 heteroatoms. The van der Waals surface area contributed by atoms with Crippen LogP contribution in [0.3, 0.4) is 0 Å². The number of pyridine rings is 1. The average Bonchev–Trinajstić information content (AvgIpc) is 2.76. The number of nitrogens with zero attached hydrogens (tertiary/aromatic N) is 1. The molecule has 2 amide bonds. The Morgan fingerprint density at radius 2 is 1.07 bits per heavy atom. The molecule has 0 fully saturated rings. The molecule has 2 aromatic carbocycles. The molecule has 0 saturated heterocycles. The first-order valence-corrected chi connectivity index (χ1v) is 9.53. The number of rotatable bonds is 8. The molecule has 0 saturated carbocycles. The van der Waals surface area contributed by atoms with E-state index in [9.17, 15) is 18.4 Å². The highest BCUT2D eigenvalue weighted by atomic mass is 19.1. The number of carbonyl (C=O) groups is 2. The van der Waals surface area contributed by atoms with Crippen molar-refractivity contribution in [3.63, 3.8) is 0 Å². The van der Waals surface area contributed by atoms with Gasteiger partial charge in [-0.3, -0.25) is 9.59 Å². The van der Waals surface area contributed by atoms with E-state index in [0.717, 1.165) is 11.1 Å². The Balaban J connectivity index is 1.48. The summed E-state index contributed by atoms with van der Waals surface area (Å²) < 4.78 is 25.8. The molecule has 0 aliphatic rings. The van der Waals surface area contributed by atoms with Crippen molar-refractivity contribution in [2.45, 2.75) is 12.8 Å². The van der Waals surface area contributed by atoms with Gasteiger partial charge in [-0.25, -0.2) is 13.8 Å². The van der Waals surface area contributed by atoms with Gasteiger partial charge >= 0.3 is 0 Å². The number of amides is 2. The van der Waals surface area contributed by atoms with Crippen molar-refractivity contribution < 1.29 is 18.4 Å². The standard InChI is InChI=1S/C23H21F2N3O2/c24-18-8-4-16(5-9-18)12-14-26-22(29)20-2-1-3-21(28-20)23(30)27-15-13-17-6-10-19(25)11-7-17/h1-11H,12-15H2,(H,26,29)(H,27,30). The highest BCUT2D eigenvalue weighted by molar-refractivity contribution is 5.96. The Kier molecular flexibility index (Phi) is 7.21. The quantitative estimate of drug-likeness (QED) is 0.600. The van der Waals surface area contributed by atoms with Gasteiger partial charge in [-0.05, 0) is 60.4 Å².